The molecule has 0 aliphatic carbocycles. The maximum atomic E-state index is 14.0. The fraction of sp³-hybridized carbons (Fsp3) is 0.423. The summed E-state index contributed by atoms with van der Waals surface area (Å²) in [5.74, 6) is -4.19. The first-order valence-electron chi connectivity index (χ1n) is 11.7. The Hall–Kier alpha value is -3.31. The first-order valence-corrected chi connectivity index (χ1v) is 11.7. The van der Waals surface area contributed by atoms with Crippen molar-refractivity contribution in [3.63, 3.8) is 0 Å². The summed E-state index contributed by atoms with van der Waals surface area (Å²) in [4.78, 5) is 40.3. The van der Waals surface area contributed by atoms with E-state index in [1.54, 1.807) is 60.7 Å². The van der Waals surface area contributed by atoms with Crippen molar-refractivity contribution in [2.24, 2.45) is 0 Å². The van der Waals surface area contributed by atoms with E-state index in [-0.39, 0.29) is 23.2 Å². The molecule has 2 aliphatic heterocycles. The number of rotatable bonds is 8. The van der Waals surface area contributed by atoms with Gasteiger partial charge in [0.2, 0.25) is 0 Å². The second-order valence-electron chi connectivity index (χ2n) is 9.07. The van der Waals surface area contributed by atoms with Crippen LogP contribution in [0.2, 0.25) is 0 Å². The predicted octanol–water partition coefficient (Wildman–Crippen LogP) is 0.685. The van der Waals surface area contributed by atoms with Crippen molar-refractivity contribution < 1.29 is 43.9 Å². The number of carbonyl (C=O) groups is 3. The average Bonchev–Trinajstić information content (AvgIpc) is 2.87. The number of hydrogen-bond donors (Lipinski definition) is 3. The van der Waals surface area contributed by atoms with Crippen LogP contribution in [0.15, 0.2) is 60.7 Å². The first-order chi connectivity index (χ1) is 17.2. The van der Waals surface area contributed by atoms with E-state index < -0.39 is 41.8 Å². The second kappa shape index (κ2) is 10.8. The van der Waals surface area contributed by atoms with E-state index in [0.717, 1.165) is 0 Å². The van der Waals surface area contributed by atoms with Gasteiger partial charge >= 0.3 is 17.9 Å². The highest BCUT2D eigenvalue weighted by Gasteiger charge is 2.51. The first kappa shape index (κ1) is 25.8. The number of piperidine rings is 1. The van der Waals surface area contributed by atoms with Crippen LogP contribution in [0.25, 0.3) is 0 Å². The Balaban J connectivity index is 1.73. The third-order valence-corrected chi connectivity index (χ3v) is 6.81. The lowest BCUT2D eigenvalue weighted by atomic mass is 9.85. The van der Waals surface area contributed by atoms with Crippen LogP contribution in [-0.2, 0) is 34.2 Å². The van der Waals surface area contributed by atoms with Gasteiger partial charge in [0.05, 0.1) is 13.2 Å². The summed E-state index contributed by atoms with van der Waals surface area (Å²) >= 11 is 0. The quantitative estimate of drug-likeness (QED) is 0.444. The molecule has 0 amide bonds. The van der Waals surface area contributed by atoms with Gasteiger partial charge < -0.3 is 29.5 Å². The third-order valence-electron chi connectivity index (χ3n) is 6.81. The van der Waals surface area contributed by atoms with Crippen molar-refractivity contribution in [2.45, 2.75) is 48.8 Å². The molecule has 10 nitrogen and oxygen atoms in total. The molecule has 10 heteroatoms. The van der Waals surface area contributed by atoms with Crippen LogP contribution in [0.3, 0.4) is 0 Å². The van der Waals surface area contributed by atoms with Gasteiger partial charge in [0.25, 0.3) is 5.60 Å². The van der Waals surface area contributed by atoms with Crippen molar-refractivity contribution >= 4 is 17.9 Å². The van der Waals surface area contributed by atoms with E-state index in [0.29, 0.717) is 26.1 Å². The number of carbonyl (C=O) groups excluding carboxylic acids is 2. The minimum atomic E-state index is -2.44. The molecule has 2 aliphatic rings. The Morgan fingerprint density at radius 1 is 0.917 bits per heavy atom. The average molecular weight is 500 g/mol. The highest BCUT2D eigenvalue weighted by Crippen LogP contribution is 2.38. The molecule has 0 spiro atoms. The number of aliphatic hydroxyl groups excluding tert-OH is 2. The summed E-state index contributed by atoms with van der Waals surface area (Å²) < 4.78 is 17.3. The molecule has 4 atom stereocenters. The third kappa shape index (κ3) is 4.98. The van der Waals surface area contributed by atoms with Crippen LogP contribution in [-0.4, -0.2) is 88.8 Å². The van der Waals surface area contributed by atoms with Gasteiger partial charge in [-0.05, 0) is 7.05 Å². The van der Waals surface area contributed by atoms with Gasteiger partial charge in [-0.25, -0.2) is 14.4 Å². The van der Waals surface area contributed by atoms with Gasteiger partial charge in [0.15, 0.2) is 12.2 Å². The monoisotopic (exact) mass is 499 g/mol. The van der Waals surface area contributed by atoms with E-state index in [1.165, 1.54) is 0 Å². The zero-order chi connectivity index (χ0) is 25.9. The summed E-state index contributed by atoms with van der Waals surface area (Å²) in [7, 11) is 2.01. The van der Waals surface area contributed by atoms with Crippen LogP contribution in [0.1, 0.15) is 24.0 Å². The number of carboxylic acid groups (broad SMARTS) is 1. The number of likely N-dealkylation sites (N-methyl/N-ethyl adjacent to an activating group) is 1. The summed E-state index contributed by atoms with van der Waals surface area (Å²) in [5.41, 5.74) is -1.68. The second-order valence-corrected chi connectivity index (χ2v) is 9.07. The Bertz CT molecular complexity index is 1020. The van der Waals surface area contributed by atoms with Gasteiger partial charge in [-0.3, -0.25) is 4.90 Å². The Morgan fingerprint density at radius 2 is 1.42 bits per heavy atom. The van der Waals surface area contributed by atoms with Gasteiger partial charge in [0.1, 0.15) is 6.10 Å². The Morgan fingerprint density at radius 3 is 1.89 bits per heavy atom. The molecule has 0 aromatic heterocycles. The molecule has 2 fully saturated rings. The van der Waals surface area contributed by atoms with Crippen LogP contribution in [0, 0.1) is 0 Å². The summed E-state index contributed by atoms with van der Waals surface area (Å²) in [6.07, 6.45) is -4.31. The van der Waals surface area contributed by atoms with Crippen LogP contribution >= 0.6 is 0 Å². The molecule has 2 aromatic carbocycles. The smallest absolute Gasteiger partial charge is 0.360 e. The van der Waals surface area contributed by atoms with Gasteiger partial charge in [-0.1, -0.05) is 60.7 Å². The lowest BCUT2D eigenvalue weighted by Crippen LogP contribution is -2.57. The molecule has 36 heavy (non-hydrogen) atoms. The largest absolute Gasteiger partial charge is 0.479 e. The topological polar surface area (TPSA) is 143 Å². The van der Waals surface area contributed by atoms with E-state index in [2.05, 4.69) is 4.90 Å². The number of nitrogens with zero attached hydrogens (tertiary/aromatic N) is 1. The number of fused-ring (bicyclic) bond motifs is 2. The highest BCUT2D eigenvalue weighted by molar-refractivity contribution is 5.91. The number of aliphatic hydroxyl groups is 2. The van der Waals surface area contributed by atoms with Gasteiger partial charge in [-0.2, -0.15) is 0 Å². The number of morpholine rings is 1. The number of aliphatic carboxylic acids is 1. The summed E-state index contributed by atoms with van der Waals surface area (Å²) in [6.45, 7) is 1.02. The molecular weight excluding hydrogens is 470 g/mol. The van der Waals surface area contributed by atoms with Crippen molar-refractivity contribution in [1.29, 1.82) is 0 Å². The Kier molecular flexibility index (Phi) is 7.70. The van der Waals surface area contributed by atoms with Gasteiger partial charge in [0, 0.05) is 36.1 Å². The molecular formula is C26H29NO9. The zero-order valence-electron chi connectivity index (χ0n) is 19.7. The lowest BCUT2D eigenvalue weighted by Gasteiger charge is -2.46. The normalized spacial score (nSPS) is 23.8. The maximum Gasteiger partial charge on any atom is 0.360 e. The maximum absolute atomic E-state index is 14.0. The predicted molar refractivity (Wildman–Crippen MR) is 125 cm³/mol. The number of carboxylic acids is 1. The molecule has 0 saturated carbocycles. The highest BCUT2D eigenvalue weighted by atomic mass is 16.6. The molecule has 2 unspecified atom stereocenters. The van der Waals surface area contributed by atoms with Crippen LogP contribution in [0.5, 0.6) is 0 Å². The standard InChI is InChI=1S/C26H29NO9/c1-27-18-12-20(13-19(27)15-34-14-18)35-25(33)26(16-8-4-2-5-9-16,17-10-6-3-7-11-17)36-24(32)22(29)21(28)23(30)31/h2-11,18-22,28-29H,12-15H2,1H3,(H,30,31)/t18?,19?,20?,21-,22-/m0/s1. The molecule has 2 aromatic rings. The molecule has 4 rings (SSSR count). The van der Waals surface area contributed by atoms with Gasteiger partial charge in [-0.15, -0.1) is 0 Å². The fourth-order valence-electron chi connectivity index (χ4n) is 4.76. The number of esters is 2. The molecule has 2 saturated heterocycles. The van der Waals surface area contributed by atoms with E-state index >= 15 is 0 Å². The van der Waals surface area contributed by atoms with Crippen molar-refractivity contribution in [3.05, 3.63) is 71.8 Å². The molecule has 2 bridgehead atoms. The number of ether oxygens (including phenoxy) is 3. The van der Waals surface area contributed by atoms with Crippen molar-refractivity contribution in [3.8, 4) is 0 Å². The Labute approximate surface area is 208 Å². The molecule has 0 radical (unpaired) electrons. The molecule has 192 valence electrons. The van der Waals surface area contributed by atoms with Crippen molar-refractivity contribution in [2.75, 3.05) is 20.3 Å². The zero-order valence-corrected chi connectivity index (χ0v) is 19.7. The van der Waals surface area contributed by atoms with E-state index in [4.69, 9.17) is 19.3 Å². The van der Waals surface area contributed by atoms with Crippen LogP contribution in [0.4, 0.5) is 0 Å². The van der Waals surface area contributed by atoms with Crippen LogP contribution < -0.4 is 0 Å². The summed E-state index contributed by atoms with van der Waals surface area (Å²) in [6, 6.07) is 16.4. The minimum absolute atomic E-state index is 0.0632. The minimum Gasteiger partial charge on any atom is -0.479 e. The SMILES string of the molecule is CN1C2COCC1CC(OC(=O)C(OC(=O)[C@@H](O)[C@H](O)C(=O)O)(c1ccccc1)c1ccccc1)C2. The fourth-order valence-corrected chi connectivity index (χ4v) is 4.76. The van der Waals surface area contributed by atoms with E-state index in [9.17, 15) is 24.6 Å². The number of benzene rings is 2. The lowest BCUT2D eigenvalue weighted by molar-refractivity contribution is -0.196. The molecule has 2 heterocycles. The number of hydrogen-bond acceptors (Lipinski definition) is 9. The van der Waals surface area contributed by atoms with E-state index in [1.807, 2.05) is 7.05 Å². The summed E-state index contributed by atoms with van der Waals surface area (Å²) in [5, 5.41) is 29.0. The molecule has 3 N–H and O–H groups in total. The van der Waals surface area contributed by atoms with Crippen molar-refractivity contribution in [1.82, 2.24) is 4.90 Å².